The van der Waals surface area contributed by atoms with Gasteiger partial charge in [-0.3, -0.25) is 4.79 Å². The summed E-state index contributed by atoms with van der Waals surface area (Å²) in [6.45, 7) is 3.85. The van der Waals surface area contributed by atoms with E-state index in [2.05, 4.69) is 22.9 Å². The normalized spacial score (nSPS) is 40.6. The summed E-state index contributed by atoms with van der Waals surface area (Å²) < 4.78 is 0. The van der Waals surface area contributed by atoms with Crippen LogP contribution in [0.3, 0.4) is 0 Å². The third kappa shape index (κ3) is 4.25. The largest absolute Gasteiger partial charge is 0.352 e. The number of hydrogen-bond donors (Lipinski definition) is 4. The van der Waals surface area contributed by atoms with E-state index in [1.807, 2.05) is 0 Å². The number of hydrogen-bond acceptors (Lipinski definition) is 4. The molecule has 2 aliphatic carbocycles. The Labute approximate surface area is 140 Å². The number of fused-ring (bicyclic) bond motifs is 1. The van der Waals surface area contributed by atoms with Crippen molar-refractivity contribution in [1.82, 2.24) is 16.0 Å². The molecule has 2 saturated carbocycles. The summed E-state index contributed by atoms with van der Waals surface area (Å²) in [5, 5.41) is 10.2. The molecule has 5 N–H and O–H groups in total. The Morgan fingerprint density at radius 3 is 2.78 bits per heavy atom. The zero-order valence-electron chi connectivity index (χ0n) is 14.5. The van der Waals surface area contributed by atoms with Gasteiger partial charge in [0.25, 0.3) is 0 Å². The zero-order chi connectivity index (χ0) is 16.2. The molecule has 0 aromatic heterocycles. The highest BCUT2D eigenvalue weighted by molar-refractivity contribution is 5.82. The maximum absolute atomic E-state index is 12.7. The lowest BCUT2D eigenvalue weighted by molar-refractivity contribution is -0.123. The Hall–Kier alpha value is -0.650. The Morgan fingerprint density at radius 1 is 1.17 bits per heavy atom. The molecule has 23 heavy (non-hydrogen) atoms. The van der Waals surface area contributed by atoms with Crippen LogP contribution in [-0.2, 0) is 4.79 Å². The van der Waals surface area contributed by atoms with E-state index in [9.17, 15) is 4.79 Å². The second-order valence-corrected chi connectivity index (χ2v) is 8.05. The SMILES string of the molecule is CC1CCCC2CC(C(=O)NC3CCCC(CNCN)C3)NC12. The van der Waals surface area contributed by atoms with Gasteiger partial charge in [0.15, 0.2) is 0 Å². The number of nitrogens with one attached hydrogen (secondary N) is 3. The summed E-state index contributed by atoms with van der Waals surface area (Å²) in [7, 11) is 0. The van der Waals surface area contributed by atoms with Gasteiger partial charge in [-0.15, -0.1) is 0 Å². The molecular weight excluding hydrogens is 288 g/mol. The Balaban J connectivity index is 1.47. The summed E-state index contributed by atoms with van der Waals surface area (Å²) in [5.74, 6) is 2.32. The van der Waals surface area contributed by atoms with E-state index >= 15 is 0 Å². The van der Waals surface area contributed by atoms with Gasteiger partial charge in [-0.1, -0.05) is 19.8 Å². The number of carbonyl (C=O) groups is 1. The second-order valence-electron chi connectivity index (χ2n) is 8.05. The molecule has 5 nitrogen and oxygen atoms in total. The molecule has 5 heteroatoms. The molecule has 0 aromatic carbocycles. The highest BCUT2D eigenvalue weighted by Gasteiger charge is 2.41. The Bertz CT molecular complexity index is 402. The lowest BCUT2D eigenvalue weighted by atomic mass is 9.78. The zero-order valence-corrected chi connectivity index (χ0v) is 14.5. The molecule has 1 amide bonds. The molecular formula is C18H34N4O. The van der Waals surface area contributed by atoms with E-state index in [-0.39, 0.29) is 11.9 Å². The number of nitrogens with two attached hydrogens (primary N) is 1. The fourth-order valence-corrected chi connectivity index (χ4v) is 5.07. The molecule has 3 aliphatic rings. The maximum atomic E-state index is 12.7. The predicted octanol–water partition coefficient (Wildman–Crippen LogP) is 1.33. The first kappa shape index (κ1) is 17.2. The van der Waals surface area contributed by atoms with Gasteiger partial charge < -0.3 is 21.7 Å². The average Bonchev–Trinajstić information content (AvgIpc) is 2.99. The lowest BCUT2D eigenvalue weighted by Gasteiger charge is -2.31. The standard InChI is InChI=1S/C18H34N4O/c1-12-4-2-6-14-9-16(22-17(12)14)18(23)21-15-7-3-5-13(8-15)10-20-11-19/h12-17,20,22H,2-11,19H2,1H3,(H,21,23). The third-order valence-electron chi connectivity index (χ3n) is 6.31. The van der Waals surface area contributed by atoms with Crippen molar-refractivity contribution in [3.8, 4) is 0 Å². The minimum atomic E-state index is 0.0353. The van der Waals surface area contributed by atoms with Crippen LogP contribution in [0, 0.1) is 17.8 Å². The van der Waals surface area contributed by atoms with E-state index in [1.165, 1.54) is 32.1 Å². The van der Waals surface area contributed by atoms with E-state index < -0.39 is 0 Å². The summed E-state index contributed by atoms with van der Waals surface area (Å²) in [6.07, 6.45) is 9.64. The van der Waals surface area contributed by atoms with E-state index in [4.69, 9.17) is 5.73 Å². The van der Waals surface area contributed by atoms with Crippen LogP contribution in [0.25, 0.3) is 0 Å². The van der Waals surface area contributed by atoms with Crippen LogP contribution in [-0.4, -0.2) is 37.2 Å². The minimum absolute atomic E-state index is 0.0353. The topological polar surface area (TPSA) is 79.2 Å². The van der Waals surface area contributed by atoms with Crippen LogP contribution in [0.15, 0.2) is 0 Å². The Kier molecular flexibility index (Phi) is 5.94. The van der Waals surface area contributed by atoms with Crippen molar-refractivity contribution in [3.05, 3.63) is 0 Å². The molecule has 0 bridgehead atoms. The summed E-state index contributed by atoms with van der Waals surface area (Å²) in [4.78, 5) is 12.7. The molecule has 0 spiro atoms. The summed E-state index contributed by atoms with van der Waals surface area (Å²) in [6, 6.07) is 0.947. The van der Waals surface area contributed by atoms with Gasteiger partial charge in [0, 0.05) is 18.8 Å². The highest BCUT2D eigenvalue weighted by Crippen LogP contribution is 2.36. The van der Waals surface area contributed by atoms with Crippen LogP contribution in [0.1, 0.15) is 58.3 Å². The van der Waals surface area contributed by atoms with Crippen molar-refractivity contribution in [1.29, 1.82) is 0 Å². The van der Waals surface area contributed by atoms with Crippen molar-refractivity contribution in [2.45, 2.75) is 76.4 Å². The molecule has 3 fully saturated rings. The monoisotopic (exact) mass is 322 g/mol. The van der Waals surface area contributed by atoms with Gasteiger partial charge in [-0.2, -0.15) is 0 Å². The van der Waals surface area contributed by atoms with Crippen LogP contribution >= 0.6 is 0 Å². The van der Waals surface area contributed by atoms with Crippen molar-refractivity contribution in [2.75, 3.05) is 13.2 Å². The molecule has 0 aromatic rings. The molecule has 1 heterocycles. The van der Waals surface area contributed by atoms with Crippen LogP contribution in [0.5, 0.6) is 0 Å². The molecule has 0 radical (unpaired) electrons. The maximum Gasteiger partial charge on any atom is 0.237 e. The minimum Gasteiger partial charge on any atom is -0.352 e. The van der Waals surface area contributed by atoms with Crippen molar-refractivity contribution in [2.24, 2.45) is 23.5 Å². The molecule has 3 rings (SSSR count). The van der Waals surface area contributed by atoms with E-state index in [1.54, 1.807) is 0 Å². The van der Waals surface area contributed by atoms with Gasteiger partial charge in [0.1, 0.15) is 0 Å². The number of amides is 1. The van der Waals surface area contributed by atoms with E-state index in [0.717, 1.165) is 25.8 Å². The van der Waals surface area contributed by atoms with Crippen molar-refractivity contribution in [3.63, 3.8) is 0 Å². The average molecular weight is 322 g/mol. The van der Waals surface area contributed by atoms with Gasteiger partial charge in [0.05, 0.1) is 6.04 Å². The summed E-state index contributed by atoms with van der Waals surface area (Å²) in [5.41, 5.74) is 5.52. The van der Waals surface area contributed by atoms with Gasteiger partial charge in [0.2, 0.25) is 5.91 Å². The summed E-state index contributed by atoms with van der Waals surface area (Å²) >= 11 is 0. The molecule has 6 atom stereocenters. The number of carbonyl (C=O) groups excluding carboxylic acids is 1. The number of rotatable bonds is 5. The lowest BCUT2D eigenvalue weighted by Crippen LogP contribution is -2.49. The van der Waals surface area contributed by atoms with Crippen LogP contribution < -0.4 is 21.7 Å². The van der Waals surface area contributed by atoms with Gasteiger partial charge in [-0.25, -0.2) is 0 Å². The van der Waals surface area contributed by atoms with Crippen LogP contribution in [0.4, 0.5) is 0 Å². The Morgan fingerprint density at radius 2 is 2.00 bits per heavy atom. The second kappa shape index (κ2) is 7.95. The first-order valence-electron chi connectivity index (χ1n) is 9.64. The fourth-order valence-electron chi connectivity index (χ4n) is 5.07. The molecule has 1 saturated heterocycles. The smallest absolute Gasteiger partial charge is 0.237 e. The van der Waals surface area contributed by atoms with Crippen molar-refractivity contribution < 1.29 is 4.79 Å². The quantitative estimate of drug-likeness (QED) is 0.576. The fraction of sp³-hybridized carbons (Fsp3) is 0.944. The first-order chi connectivity index (χ1) is 11.2. The van der Waals surface area contributed by atoms with Gasteiger partial charge in [-0.05, 0) is 62.8 Å². The van der Waals surface area contributed by atoms with E-state index in [0.29, 0.717) is 36.5 Å². The molecule has 6 unspecified atom stereocenters. The molecule has 132 valence electrons. The van der Waals surface area contributed by atoms with Crippen molar-refractivity contribution >= 4 is 5.91 Å². The predicted molar refractivity (Wildman–Crippen MR) is 92.8 cm³/mol. The first-order valence-corrected chi connectivity index (χ1v) is 9.64. The third-order valence-corrected chi connectivity index (χ3v) is 6.31. The highest BCUT2D eigenvalue weighted by atomic mass is 16.2. The molecule has 1 aliphatic heterocycles. The van der Waals surface area contributed by atoms with Crippen LogP contribution in [0.2, 0.25) is 0 Å². The van der Waals surface area contributed by atoms with Gasteiger partial charge >= 0.3 is 0 Å².